The molecule has 23 heavy (non-hydrogen) atoms. The molecule has 0 bridgehead atoms. The maximum atomic E-state index is 9.95. The molecule has 0 spiro atoms. The number of hydrogen-bond acceptors (Lipinski definition) is 3. The summed E-state index contributed by atoms with van der Waals surface area (Å²) < 4.78 is 0. The monoisotopic (exact) mass is 309 g/mol. The minimum atomic E-state index is -0.724. The van der Waals surface area contributed by atoms with Crippen LogP contribution in [0.3, 0.4) is 0 Å². The SMILES string of the molecule is CC(O)C(C)(CO)NCc1c2ccccc2cc2ccccc12. The van der Waals surface area contributed by atoms with Gasteiger partial charge in [-0.3, -0.25) is 0 Å². The third-order valence-electron chi connectivity index (χ3n) is 4.80. The molecule has 3 N–H and O–H groups in total. The van der Waals surface area contributed by atoms with Crippen LogP contribution in [0.4, 0.5) is 0 Å². The Labute approximate surface area is 136 Å². The van der Waals surface area contributed by atoms with Crippen molar-refractivity contribution >= 4 is 21.5 Å². The fraction of sp³-hybridized carbons (Fsp3) is 0.300. The van der Waals surface area contributed by atoms with E-state index in [4.69, 9.17) is 0 Å². The molecule has 0 aromatic heterocycles. The molecule has 0 saturated heterocycles. The van der Waals surface area contributed by atoms with E-state index in [-0.39, 0.29) is 6.61 Å². The minimum Gasteiger partial charge on any atom is -0.394 e. The Hall–Kier alpha value is -1.94. The van der Waals surface area contributed by atoms with Crippen molar-refractivity contribution in [2.75, 3.05) is 6.61 Å². The highest BCUT2D eigenvalue weighted by Crippen LogP contribution is 2.29. The first-order chi connectivity index (χ1) is 11.0. The van der Waals surface area contributed by atoms with Gasteiger partial charge in [-0.1, -0.05) is 48.5 Å². The lowest BCUT2D eigenvalue weighted by atomic mass is 9.93. The van der Waals surface area contributed by atoms with E-state index in [0.717, 1.165) is 0 Å². The van der Waals surface area contributed by atoms with E-state index in [1.165, 1.54) is 27.1 Å². The molecule has 0 aliphatic carbocycles. The fourth-order valence-electron chi connectivity index (χ4n) is 2.92. The molecular weight excluding hydrogens is 286 g/mol. The van der Waals surface area contributed by atoms with Crippen LogP contribution in [0.5, 0.6) is 0 Å². The smallest absolute Gasteiger partial charge is 0.0713 e. The van der Waals surface area contributed by atoms with Gasteiger partial charge in [0.05, 0.1) is 18.2 Å². The second kappa shape index (κ2) is 6.28. The first kappa shape index (κ1) is 15.9. The molecule has 0 fully saturated rings. The fourth-order valence-corrected chi connectivity index (χ4v) is 2.92. The largest absolute Gasteiger partial charge is 0.394 e. The Morgan fingerprint density at radius 3 is 2.00 bits per heavy atom. The molecule has 2 unspecified atom stereocenters. The Kier molecular flexibility index (Phi) is 4.35. The second-order valence-electron chi connectivity index (χ2n) is 6.40. The summed E-state index contributed by atoms with van der Waals surface area (Å²) in [5.41, 5.74) is 0.469. The summed E-state index contributed by atoms with van der Waals surface area (Å²) in [4.78, 5) is 0. The number of aliphatic hydroxyl groups is 2. The molecule has 3 heteroatoms. The summed E-state index contributed by atoms with van der Waals surface area (Å²) in [7, 11) is 0. The van der Waals surface area contributed by atoms with Gasteiger partial charge in [0.25, 0.3) is 0 Å². The predicted molar refractivity (Wildman–Crippen MR) is 95.5 cm³/mol. The molecule has 0 heterocycles. The molecule has 0 amide bonds. The first-order valence-electron chi connectivity index (χ1n) is 7.98. The van der Waals surface area contributed by atoms with Gasteiger partial charge >= 0.3 is 0 Å². The molecule has 3 aromatic rings. The van der Waals surface area contributed by atoms with Crippen LogP contribution in [-0.4, -0.2) is 28.5 Å². The summed E-state index contributed by atoms with van der Waals surface area (Å²) in [5, 5.41) is 27.7. The van der Waals surface area contributed by atoms with E-state index in [1.54, 1.807) is 6.92 Å². The van der Waals surface area contributed by atoms with Gasteiger partial charge in [0.15, 0.2) is 0 Å². The van der Waals surface area contributed by atoms with Crippen molar-refractivity contribution in [3.05, 3.63) is 60.2 Å². The lowest BCUT2D eigenvalue weighted by Gasteiger charge is -2.32. The Morgan fingerprint density at radius 1 is 1.00 bits per heavy atom. The summed E-state index contributed by atoms with van der Waals surface area (Å²) in [6.45, 7) is 4.01. The van der Waals surface area contributed by atoms with Gasteiger partial charge in [-0.05, 0) is 47.0 Å². The lowest BCUT2D eigenvalue weighted by Crippen LogP contribution is -2.53. The predicted octanol–water partition coefficient (Wildman–Crippen LogP) is 3.21. The van der Waals surface area contributed by atoms with Crippen molar-refractivity contribution in [3.63, 3.8) is 0 Å². The van der Waals surface area contributed by atoms with Crippen LogP contribution >= 0.6 is 0 Å². The molecule has 0 radical (unpaired) electrons. The van der Waals surface area contributed by atoms with Gasteiger partial charge in [0.2, 0.25) is 0 Å². The number of nitrogens with one attached hydrogen (secondary N) is 1. The van der Waals surface area contributed by atoms with Crippen molar-refractivity contribution in [2.24, 2.45) is 0 Å². The molecule has 0 saturated carbocycles. The average molecular weight is 309 g/mol. The van der Waals surface area contributed by atoms with E-state index in [0.29, 0.717) is 6.54 Å². The molecular formula is C20H23NO2. The summed E-state index contributed by atoms with van der Waals surface area (Å²) in [6, 6.07) is 18.9. The molecule has 3 aromatic carbocycles. The topological polar surface area (TPSA) is 52.5 Å². The molecule has 0 aliphatic rings. The summed E-state index contributed by atoms with van der Waals surface area (Å²) in [5.74, 6) is 0. The van der Waals surface area contributed by atoms with Gasteiger partial charge in [0, 0.05) is 6.54 Å². The van der Waals surface area contributed by atoms with Crippen molar-refractivity contribution in [2.45, 2.75) is 32.0 Å². The van der Waals surface area contributed by atoms with Gasteiger partial charge < -0.3 is 15.5 Å². The van der Waals surface area contributed by atoms with Crippen LogP contribution in [0.2, 0.25) is 0 Å². The van der Waals surface area contributed by atoms with Crippen molar-refractivity contribution in [1.29, 1.82) is 0 Å². The zero-order valence-corrected chi connectivity index (χ0v) is 13.6. The van der Waals surface area contributed by atoms with E-state index in [1.807, 2.05) is 31.2 Å². The van der Waals surface area contributed by atoms with E-state index in [9.17, 15) is 10.2 Å². The van der Waals surface area contributed by atoms with Gasteiger partial charge in [0.1, 0.15) is 0 Å². The van der Waals surface area contributed by atoms with Crippen LogP contribution < -0.4 is 5.32 Å². The molecule has 2 atom stereocenters. The number of rotatable bonds is 5. The highest BCUT2D eigenvalue weighted by molar-refractivity contribution is 6.02. The zero-order chi connectivity index (χ0) is 16.4. The quantitative estimate of drug-likeness (QED) is 0.634. The third kappa shape index (κ3) is 2.95. The standard InChI is InChI=1S/C20H23NO2/c1-14(23)20(2,13-22)21-12-19-17-9-5-3-7-15(17)11-16-8-4-6-10-18(16)19/h3-11,14,21-23H,12-13H2,1-2H3. The van der Waals surface area contributed by atoms with Crippen LogP contribution in [-0.2, 0) is 6.54 Å². The Bertz CT molecular complexity index is 774. The molecule has 3 nitrogen and oxygen atoms in total. The van der Waals surface area contributed by atoms with E-state index in [2.05, 4.69) is 35.6 Å². The van der Waals surface area contributed by atoms with E-state index < -0.39 is 11.6 Å². The molecule has 120 valence electrons. The van der Waals surface area contributed by atoms with Crippen LogP contribution in [0, 0.1) is 0 Å². The zero-order valence-electron chi connectivity index (χ0n) is 13.6. The number of benzene rings is 3. The second-order valence-corrected chi connectivity index (χ2v) is 6.40. The highest BCUT2D eigenvalue weighted by atomic mass is 16.3. The minimum absolute atomic E-state index is 0.118. The first-order valence-corrected chi connectivity index (χ1v) is 7.98. The lowest BCUT2D eigenvalue weighted by molar-refractivity contribution is 0.0405. The number of fused-ring (bicyclic) bond motifs is 2. The summed E-state index contributed by atoms with van der Waals surface area (Å²) >= 11 is 0. The number of aliphatic hydroxyl groups excluding tert-OH is 2. The van der Waals surface area contributed by atoms with Crippen LogP contribution in [0.1, 0.15) is 19.4 Å². The van der Waals surface area contributed by atoms with Gasteiger partial charge in [-0.25, -0.2) is 0 Å². The molecule has 0 aliphatic heterocycles. The summed E-state index contributed by atoms with van der Waals surface area (Å²) in [6.07, 6.45) is -0.645. The third-order valence-corrected chi connectivity index (χ3v) is 4.80. The molecule has 3 rings (SSSR count). The number of hydrogen-bond donors (Lipinski definition) is 3. The van der Waals surface area contributed by atoms with Crippen LogP contribution in [0.25, 0.3) is 21.5 Å². The van der Waals surface area contributed by atoms with Crippen molar-refractivity contribution < 1.29 is 10.2 Å². The Balaban J connectivity index is 2.10. The van der Waals surface area contributed by atoms with Crippen LogP contribution in [0.15, 0.2) is 54.6 Å². The normalized spacial score (nSPS) is 15.7. The average Bonchev–Trinajstić information content (AvgIpc) is 2.58. The van der Waals surface area contributed by atoms with Gasteiger partial charge in [-0.15, -0.1) is 0 Å². The maximum Gasteiger partial charge on any atom is 0.0713 e. The maximum absolute atomic E-state index is 9.95. The Morgan fingerprint density at radius 2 is 1.52 bits per heavy atom. The van der Waals surface area contributed by atoms with Crippen molar-refractivity contribution in [1.82, 2.24) is 5.32 Å². The van der Waals surface area contributed by atoms with E-state index >= 15 is 0 Å². The van der Waals surface area contributed by atoms with Crippen molar-refractivity contribution in [3.8, 4) is 0 Å². The highest BCUT2D eigenvalue weighted by Gasteiger charge is 2.28. The van der Waals surface area contributed by atoms with Gasteiger partial charge in [-0.2, -0.15) is 0 Å².